The number of para-hydroxylation sites is 1. The summed E-state index contributed by atoms with van der Waals surface area (Å²) in [5, 5.41) is 24.7. The summed E-state index contributed by atoms with van der Waals surface area (Å²) in [5.41, 5.74) is -0.679. The molecule has 0 saturated carbocycles. The van der Waals surface area contributed by atoms with Crippen LogP contribution in [0, 0.1) is 10.1 Å². The van der Waals surface area contributed by atoms with E-state index in [9.17, 15) is 20.0 Å². The van der Waals surface area contributed by atoms with Gasteiger partial charge in [-0.1, -0.05) is 6.07 Å². The number of phenols is 1. The zero-order chi connectivity index (χ0) is 13.1. The number of hydrogen-bond acceptors (Lipinski definition) is 6. The van der Waals surface area contributed by atoms with Crippen LogP contribution in [0.25, 0.3) is 0 Å². The maximum atomic E-state index is 11.8. The number of anilines is 1. The molecule has 2 rings (SSSR count). The van der Waals surface area contributed by atoms with Crippen LogP contribution in [0.1, 0.15) is 10.4 Å². The van der Waals surface area contributed by atoms with E-state index in [4.69, 9.17) is 0 Å². The van der Waals surface area contributed by atoms with E-state index in [0.29, 0.717) is 5.13 Å². The number of aromatic nitrogens is 1. The summed E-state index contributed by atoms with van der Waals surface area (Å²) in [6, 6.07) is 3.75. The first kappa shape index (κ1) is 12.0. The summed E-state index contributed by atoms with van der Waals surface area (Å²) in [4.78, 5) is 25.5. The molecule has 2 N–H and O–H groups in total. The minimum Gasteiger partial charge on any atom is -0.502 e. The van der Waals surface area contributed by atoms with Gasteiger partial charge in [-0.05, 0) is 6.07 Å². The van der Waals surface area contributed by atoms with E-state index in [1.807, 2.05) is 0 Å². The molecule has 8 heteroatoms. The largest absolute Gasteiger partial charge is 0.502 e. The van der Waals surface area contributed by atoms with Crippen molar-refractivity contribution in [3.05, 3.63) is 45.5 Å². The third-order valence-electron chi connectivity index (χ3n) is 2.11. The number of benzene rings is 1. The van der Waals surface area contributed by atoms with Gasteiger partial charge in [0.1, 0.15) is 0 Å². The van der Waals surface area contributed by atoms with Gasteiger partial charge in [-0.2, -0.15) is 0 Å². The molecule has 0 aliphatic rings. The molecule has 0 atom stereocenters. The van der Waals surface area contributed by atoms with Crippen molar-refractivity contribution in [1.29, 1.82) is 0 Å². The Labute approximate surface area is 105 Å². The molecule has 0 saturated heterocycles. The Morgan fingerprint density at radius 3 is 2.89 bits per heavy atom. The van der Waals surface area contributed by atoms with Crippen LogP contribution in [-0.2, 0) is 0 Å². The average molecular weight is 265 g/mol. The number of carbonyl (C=O) groups is 1. The molecule has 0 aliphatic heterocycles. The lowest BCUT2D eigenvalue weighted by atomic mass is 10.1. The molecular formula is C10H7N3O4S. The van der Waals surface area contributed by atoms with Gasteiger partial charge in [0.05, 0.1) is 10.5 Å². The average Bonchev–Trinajstić information content (AvgIpc) is 2.81. The van der Waals surface area contributed by atoms with Gasteiger partial charge >= 0.3 is 5.69 Å². The van der Waals surface area contributed by atoms with E-state index < -0.39 is 22.3 Å². The molecule has 0 fully saturated rings. The molecule has 1 heterocycles. The summed E-state index contributed by atoms with van der Waals surface area (Å²) >= 11 is 1.20. The van der Waals surface area contributed by atoms with Crippen LogP contribution >= 0.6 is 11.3 Å². The Hall–Kier alpha value is -2.48. The Kier molecular flexibility index (Phi) is 3.20. The standard InChI is InChI=1S/C10H7N3O4S/c14-8-6(2-1-3-7(8)13(16)17)9(15)12-10-11-4-5-18-10/h1-5,14H,(H,11,12,15). The molecule has 0 bridgehead atoms. The number of nitro benzene ring substituents is 1. The SMILES string of the molecule is O=C(Nc1nccs1)c1cccc([N+](=O)[O-])c1O. The van der Waals surface area contributed by atoms with Gasteiger partial charge in [0.25, 0.3) is 5.91 Å². The lowest BCUT2D eigenvalue weighted by molar-refractivity contribution is -0.385. The maximum absolute atomic E-state index is 11.8. The van der Waals surface area contributed by atoms with Crippen LogP contribution in [0.5, 0.6) is 5.75 Å². The number of aromatic hydroxyl groups is 1. The highest BCUT2D eigenvalue weighted by Gasteiger charge is 2.21. The van der Waals surface area contributed by atoms with Crippen molar-refractivity contribution in [1.82, 2.24) is 4.98 Å². The van der Waals surface area contributed by atoms with E-state index >= 15 is 0 Å². The third kappa shape index (κ3) is 2.28. The first-order valence-corrected chi connectivity index (χ1v) is 5.65. The van der Waals surface area contributed by atoms with Crippen molar-refractivity contribution in [2.75, 3.05) is 5.32 Å². The van der Waals surface area contributed by atoms with E-state index in [2.05, 4.69) is 10.3 Å². The molecule has 0 radical (unpaired) electrons. The highest BCUT2D eigenvalue weighted by molar-refractivity contribution is 7.13. The number of rotatable bonds is 3. The minimum atomic E-state index is -0.754. The van der Waals surface area contributed by atoms with E-state index in [-0.39, 0.29) is 5.56 Å². The smallest absolute Gasteiger partial charge is 0.311 e. The normalized spacial score (nSPS) is 10.0. The van der Waals surface area contributed by atoms with Gasteiger partial charge in [0, 0.05) is 17.6 Å². The molecule has 1 aromatic carbocycles. The number of carbonyl (C=O) groups excluding carboxylic acids is 1. The van der Waals surface area contributed by atoms with Crippen molar-refractivity contribution in [2.45, 2.75) is 0 Å². The van der Waals surface area contributed by atoms with Gasteiger partial charge in [0.15, 0.2) is 5.13 Å². The topological polar surface area (TPSA) is 105 Å². The summed E-state index contributed by atoms with van der Waals surface area (Å²) in [5.74, 6) is -1.30. The first-order valence-electron chi connectivity index (χ1n) is 4.77. The molecule has 0 unspecified atom stereocenters. The first-order chi connectivity index (χ1) is 8.59. The second kappa shape index (κ2) is 4.80. The van der Waals surface area contributed by atoms with Crippen molar-refractivity contribution in [3.8, 4) is 5.75 Å². The molecule has 18 heavy (non-hydrogen) atoms. The molecule has 0 aliphatic carbocycles. The van der Waals surface area contributed by atoms with E-state index in [1.54, 1.807) is 5.38 Å². The predicted molar refractivity (Wildman–Crippen MR) is 64.8 cm³/mol. The van der Waals surface area contributed by atoms with E-state index in [0.717, 1.165) is 6.07 Å². The van der Waals surface area contributed by atoms with Crippen LogP contribution in [0.15, 0.2) is 29.8 Å². The number of nitrogens with one attached hydrogen (secondary N) is 1. The summed E-state index contributed by atoms with van der Waals surface area (Å²) in [7, 11) is 0. The van der Waals surface area contributed by atoms with Crippen molar-refractivity contribution in [3.63, 3.8) is 0 Å². The zero-order valence-corrected chi connectivity index (χ0v) is 9.68. The van der Waals surface area contributed by atoms with Gasteiger partial charge in [-0.25, -0.2) is 4.98 Å². The molecule has 7 nitrogen and oxygen atoms in total. The highest BCUT2D eigenvalue weighted by atomic mass is 32.1. The Morgan fingerprint density at radius 2 is 2.28 bits per heavy atom. The minimum absolute atomic E-state index is 0.167. The fraction of sp³-hybridized carbons (Fsp3) is 0. The van der Waals surface area contributed by atoms with Gasteiger partial charge in [-0.15, -0.1) is 11.3 Å². The van der Waals surface area contributed by atoms with Crippen LogP contribution in [0.3, 0.4) is 0 Å². The number of nitro groups is 1. The number of hydrogen-bond donors (Lipinski definition) is 2. The zero-order valence-electron chi connectivity index (χ0n) is 8.86. The summed E-state index contributed by atoms with van der Waals surface area (Å²) < 4.78 is 0. The van der Waals surface area contributed by atoms with Crippen LogP contribution in [0.2, 0.25) is 0 Å². The van der Waals surface area contributed by atoms with Gasteiger partial charge < -0.3 is 5.11 Å². The number of amides is 1. The number of phenolic OH excluding ortho intramolecular Hbond substituents is 1. The predicted octanol–water partition coefficient (Wildman–Crippen LogP) is 2.01. The van der Waals surface area contributed by atoms with Gasteiger partial charge in [0.2, 0.25) is 5.75 Å². The van der Waals surface area contributed by atoms with Gasteiger partial charge in [-0.3, -0.25) is 20.2 Å². The second-order valence-electron chi connectivity index (χ2n) is 3.22. The molecule has 0 spiro atoms. The van der Waals surface area contributed by atoms with Crippen LogP contribution < -0.4 is 5.32 Å². The van der Waals surface area contributed by atoms with Crippen molar-refractivity contribution in [2.24, 2.45) is 0 Å². The fourth-order valence-corrected chi connectivity index (χ4v) is 1.84. The van der Waals surface area contributed by atoms with Crippen molar-refractivity contribution < 1.29 is 14.8 Å². The molecule has 92 valence electrons. The summed E-state index contributed by atoms with van der Waals surface area (Å²) in [6.45, 7) is 0. The number of nitrogens with zero attached hydrogens (tertiary/aromatic N) is 2. The second-order valence-corrected chi connectivity index (χ2v) is 4.12. The highest BCUT2D eigenvalue weighted by Crippen LogP contribution is 2.29. The lowest BCUT2D eigenvalue weighted by Crippen LogP contribution is -2.12. The van der Waals surface area contributed by atoms with E-state index in [1.165, 1.54) is 29.7 Å². The Bertz CT molecular complexity index is 597. The fourth-order valence-electron chi connectivity index (χ4n) is 1.31. The van der Waals surface area contributed by atoms with Crippen molar-refractivity contribution >= 4 is 28.1 Å². The third-order valence-corrected chi connectivity index (χ3v) is 2.80. The number of thiazole rings is 1. The molecule has 1 amide bonds. The monoisotopic (exact) mass is 265 g/mol. The van der Waals surface area contributed by atoms with Crippen LogP contribution in [-0.4, -0.2) is 20.9 Å². The molecule has 1 aromatic heterocycles. The lowest BCUT2D eigenvalue weighted by Gasteiger charge is -2.04. The Balaban J connectivity index is 2.31. The quantitative estimate of drug-likeness (QED) is 0.652. The Morgan fingerprint density at radius 1 is 1.50 bits per heavy atom. The molecular weight excluding hydrogens is 258 g/mol. The summed E-state index contributed by atoms with van der Waals surface area (Å²) in [6.07, 6.45) is 1.51. The maximum Gasteiger partial charge on any atom is 0.311 e. The molecule has 2 aromatic rings. The van der Waals surface area contributed by atoms with Crippen LogP contribution in [0.4, 0.5) is 10.8 Å².